The van der Waals surface area contributed by atoms with Crippen molar-refractivity contribution < 1.29 is 0 Å². The van der Waals surface area contributed by atoms with Crippen molar-refractivity contribution >= 4 is 75.9 Å². The van der Waals surface area contributed by atoms with Crippen LogP contribution >= 0.6 is 0 Å². The summed E-state index contributed by atoms with van der Waals surface area (Å²) in [5.74, 6) is 0.827. The summed E-state index contributed by atoms with van der Waals surface area (Å²) in [6.07, 6.45) is 1.94. The molecule has 0 unspecified atom stereocenters. The minimum atomic E-state index is 0.827. The highest BCUT2D eigenvalue weighted by Gasteiger charge is 2.19. The van der Waals surface area contributed by atoms with Crippen molar-refractivity contribution in [3.05, 3.63) is 128 Å². The maximum Gasteiger partial charge on any atom is 0.156 e. The molecule has 0 fully saturated rings. The zero-order chi connectivity index (χ0) is 25.5. The highest BCUT2D eigenvalue weighted by atomic mass is 15.1. The lowest BCUT2D eigenvalue weighted by molar-refractivity contribution is 1.08. The van der Waals surface area contributed by atoms with Crippen molar-refractivity contribution in [3.63, 3.8) is 0 Å². The van der Waals surface area contributed by atoms with E-state index in [1.165, 1.54) is 43.1 Å². The maximum atomic E-state index is 5.36. The Morgan fingerprint density at radius 1 is 0.410 bits per heavy atom. The lowest BCUT2D eigenvalue weighted by atomic mass is 10.00. The average Bonchev–Trinajstić information content (AvgIpc) is 3.36. The van der Waals surface area contributed by atoms with Gasteiger partial charge in [0.15, 0.2) is 5.82 Å². The molecule has 0 spiro atoms. The van der Waals surface area contributed by atoms with Gasteiger partial charge < -0.3 is 0 Å². The Hall–Kier alpha value is -5.28. The molecule has 3 heteroatoms. The minimum Gasteiger partial charge on any atom is -0.292 e. The first-order valence-corrected chi connectivity index (χ1v) is 13.3. The second-order valence-electron chi connectivity index (χ2n) is 10.2. The van der Waals surface area contributed by atoms with E-state index in [1.54, 1.807) is 0 Å². The van der Waals surface area contributed by atoms with Gasteiger partial charge in [-0.05, 0) is 44.5 Å². The van der Waals surface area contributed by atoms with Crippen LogP contribution in [0.3, 0.4) is 0 Å². The summed E-state index contributed by atoms with van der Waals surface area (Å²) in [6.45, 7) is 0. The standard InChI is InChI=1S/C36H21N3/c1-3-11-24-22(9-1)17-19-30-33(24)34-25-12-4-2-10-23(25)18-20-31(34)39(30)32-21-37-35-28-15-7-5-13-26(28)27-14-6-8-16-29(27)36(35)38-32/h1-21H. The quantitative estimate of drug-likeness (QED) is 0.212. The molecule has 9 aromatic rings. The summed E-state index contributed by atoms with van der Waals surface area (Å²) >= 11 is 0. The van der Waals surface area contributed by atoms with Gasteiger partial charge >= 0.3 is 0 Å². The van der Waals surface area contributed by atoms with Crippen molar-refractivity contribution in [2.75, 3.05) is 0 Å². The molecule has 2 aromatic heterocycles. The highest BCUT2D eigenvalue weighted by Crippen LogP contribution is 2.41. The molecule has 0 aliphatic heterocycles. The van der Waals surface area contributed by atoms with E-state index in [9.17, 15) is 0 Å². The van der Waals surface area contributed by atoms with Gasteiger partial charge in [0, 0.05) is 21.5 Å². The van der Waals surface area contributed by atoms with E-state index in [0.29, 0.717) is 0 Å². The van der Waals surface area contributed by atoms with Crippen LogP contribution in [0, 0.1) is 0 Å². The fraction of sp³-hybridized carbons (Fsp3) is 0. The molecule has 0 aliphatic carbocycles. The molecular formula is C36H21N3. The number of hydrogen-bond donors (Lipinski definition) is 0. The van der Waals surface area contributed by atoms with Gasteiger partial charge in [-0.2, -0.15) is 0 Å². The van der Waals surface area contributed by atoms with Gasteiger partial charge in [0.2, 0.25) is 0 Å². The third kappa shape index (κ3) is 2.76. The monoisotopic (exact) mass is 495 g/mol. The summed E-state index contributed by atoms with van der Waals surface area (Å²) in [5.41, 5.74) is 4.14. The van der Waals surface area contributed by atoms with Gasteiger partial charge in [0.05, 0.1) is 28.3 Å². The van der Waals surface area contributed by atoms with Crippen molar-refractivity contribution in [3.8, 4) is 5.82 Å². The summed E-state index contributed by atoms with van der Waals surface area (Å²) in [5, 5.41) is 12.1. The summed E-state index contributed by atoms with van der Waals surface area (Å²) in [4.78, 5) is 10.4. The molecule has 0 aliphatic rings. The Morgan fingerprint density at radius 3 is 1.44 bits per heavy atom. The molecule has 9 rings (SSSR count). The normalized spacial score (nSPS) is 12.1. The Bertz CT molecular complexity index is 2320. The number of benzene rings is 7. The van der Waals surface area contributed by atoms with Gasteiger partial charge in [-0.15, -0.1) is 0 Å². The van der Waals surface area contributed by atoms with Gasteiger partial charge in [0.1, 0.15) is 0 Å². The zero-order valence-electron chi connectivity index (χ0n) is 21.0. The number of hydrogen-bond acceptors (Lipinski definition) is 2. The van der Waals surface area contributed by atoms with Crippen LogP contribution in [-0.2, 0) is 0 Å². The van der Waals surface area contributed by atoms with E-state index >= 15 is 0 Å². The summed E-state index contributed by atoms with van der Waals surface area (Å²) in [6, 6.07) is 43.2. The van der Waals surface area contributed by atoms with Gasteiger partial charge in [-0.1, -0.05) is 109 Å². The predicted octanol–water partition coefficient (Wildman–Crippen LogP) is 9.34. The van der Waals surface area contributed by atoms with Gasteiger partial charge in [0.25, 0.3) is 0 Å². The first kappa shape index (κ1) is 20.7. The molecule has 2 heterocycles. The largest absolute Gasteiger partial charge is 0.292 e. The number of fused-ring (bicyclic) bond motifs is 13. The molecule has 0 radical (unpaired) electrons. The highest BCUT2D eigenvalue weighted by molar-refractivity contribution is 6.28. The molecule has 3 nitrogen and oxygen atoms in total. The van der Waals surface area contributed by atoms with Crippen LogP contribution in [0.4, 0.5) is 0 Å². The lowest BCUT2D eigenvalue weighted by Gasteiger charge is -2.12. The number of aromatic nitrogens is 3. The van der Waals surface area contributed by atoms with Crippen molar-refractivity contribution in [1.29, 1.82) is 0 Å². The third-order valence-corrected chi connectivity index (χ3v) is 8.19. The van der Waals surface area contributed by atoms with Gasteiger partial charge in [-0.25, -0.2) is 4.98 Å². The third-order valence-electron chi connectivity index (χ3n) is 8.19. The first-order chi connectivity index (χ1) is 19.4. The molecule has 0 bridgehead atoms. The Labute approximate surface area is 223 Å². The van der Waals surface area contributed by atoms with Crippen LogP contribution in [0.2, 0.25) is 0 Å². The molecule has 180 valence electrons. The lowest BCUT2D eigenvalue weighted by Crippen LogP contribution is -2.00. The van der Waals surface area contributed by atoms with E-state index in [1.807, 2.05) is 6.20 Å². The number of nitrogens with zero attached hydrogens (tertiary/aromatic N) is 3. The molecular weight excluding hydrogens is 474 g/mol. The Morgan fingerprint density at radius 2 is 0.872 bits per heavy atom. The minimum absolute atomic E-state index is 0.827. The van der Waals surface area contributed by atoms with Crippen LogP contribution in [-0.4, -0.2) is 14.5 Å². The van der Waals surface area contributed by atoms with E-state index < -0.39 is 0 Å². The SMILES string of the molecule is c1ccc2c(c1)ccc1c2c2c3ccccc3ccc2n1-c1cnc2c3ccccc3c3ccccc3c2n1. The molecule has 0 atom stereocenters. The van der Waals surface area contributed by atoms with Crippen LogP contribution in [0.25, 0.3) is 81.7 Å². The van der Waals surface area contributed by atoms with Crippen LogP contribution in [0.1, 0.15) is 0 Å². The molecule has 0 N–H and O–H groups in total. The van der Waals surface area contributed by atoms with Crippen LogP contribution in [0.5, 0.6) is 0 Å². The van der Waals surface area contributed by atoms with E-state index in [0.717, 1.165) is 38.7 Å². The average molecular weight is 496 g/mol. The second-order valence-corrected chi connectivity index (χ2v) is 10.2. The van der Waals surface area contributed by atoms with Crippen molar-refractivity contribution in [2.24, 2.45) is 0 Å². The second kappa shape index (κ2) is 7.62. The van der Waals surface area contributed by atoms with Crippen LogP contribution < -0.4 is 0 Å². The van der Waals surface area contributed by atoms with E-state index in [4.69, 9.17) is 9.97 Å². The first-order valence-electron chi connectivity index (χ1n) is 13.3. The molecule has 39 heavy (non-hydrogen) atoms. The van der Waals surface area contributed by atoms with E-state index in [-0.39, 0.29) is 0 Å². The smallest absolute Gasteiger partial charge is 0.156 e. The Balaban J connectivity index is 1.48. The topological polar surface area (TPSA) is 30.7 Å². The molecule has 0 amide bonds. The molecule has 7 aromatic carbocycles. The van der Waals surface area contributed by atoms with Gasteiger partial charge in [-0.3, -0.25) is 9.55 Å². The zero-order valence-corrected chi connectivity index (χ0v) is 21.0. The van der Waals surface area contributed by atoms with Crippen molar-refractivity contribution in [1.82, 2.24) is 14.5 Å². The molecule has 0 saturated carbocycles. The fourth-order valence-corrected chi connectivity index (χ4v) is 6.52. The predicted molar refractivity (Wildman–Crippen MR) is 164 cm³/mol. The summed E-state index contributed by atoms with van der Waals surface area (Å²) < 4.78 is 2.29. The Kier molecular flexibility index (Phi) is 4.05. The van der Waals surface area contributed by atoms with E-state index in [2.05, 4.69) is 126 Å². The van der Waals surface area contributed by atoms with Crippen molar-refractivity contribution in [2.45, 2.75) is 0 Å². The maximum absolute atomic E-state index is 5.36. The number of rotatable bonds is 1. The van der Waals surface area contributed by atoms with Crippen LogP contribution in [0.15, 0.2) is 128 Å². The molecule has 0 saturated heterocycles. The fourth-order valence-electron chi connectivity index (χ4n) is 6.52. The summed E-state index contributed by atoms with van der Waals surface area (Å²) in [7, 11) is 0.